The SMILES string of the molecule is COc1cc(/C=C(\Cl)c2ncc(-c3ccc(Cl)cc3)o2)ccc1OCC#N. The molecule has 7 heteroatoms. The molecule has 0 spiro atoms. The second-order valence-electron chi connectivity index (χ2n) is 5.39. The van der Waals surface area contributed by atoms with Crippen molar-refractivity contribution in [3.05, 3.63) is 65.1 Å². The molecule has 136 valence electrons. The lowest BCUT2D eigenvalue weighted by Gasteiger charge is -2.08. The average molecular weight is 401 g/mol. The molecule has 0 aliphatic rings. The minimum atomic E-state index is -0.0594. The number of nitriles is 1. The lowest BCUT2D eigenvalue weighted by Crippen LogP contribution is -1.96. The molecule has 0 atom stereocenters. The van der Waals surface area contributed by atoms with E-state index in [2.05, 4.69) is 4.98 Å². The van der Waals surface area contributed by atoms with Gasteiger partial charge in [-0.05, 0) is 48.0 Å². The van der Waals surface area contributed by atoms with Crippen molar-refractivity contribution in [3.63, 3.8) is 0 Å². The van der Waals surface area contributed by atoms with Gasteiger partial charge in [-0.1, -0.05) is 29.3 Å². The molecule has 0 aliphatic heterocycles. The summed E-state index contributed by atoms with van der Waals surface area (Å²) < 4.78 is 16.3. The normalized spacial score (nSPS) is 11.1. The van der Waals surface area contributed by atoms with Crippen molar-refractivity contribution in [2.24, 2.45) is 0 Å². The van der Waals surface area contributed by atoms with Crippen molar-refractivity contribution in [1.82, 2.24) is 4.98 Å². The van der Waals surface area contributed by atoms with Crippen molar-refractivity contribution in [2.75, 3.05) is 13.7 Å². The Morgan fingerprint density at radius 2 is 2.00 bits per heavy atom. The summed E-state index contributed by atoms with van der Waals surface area (Å²) in [6.07, 6.45) is 3.31. The molecular formula is C20H14Cl2N2O3. The van der Waals surface area contributed by atoms with Gasteiger partial charge in [0, 0.05) is 10.6 Å². The molecule has 27 heavy (non-hydrogen) atoms. The minimum Gasteiger partial charge on any atom is -0.493 e. The highest BCUT2D eigenvalue weighted by atomic mass is 35.5. The molecule has 0 bridgehead atoms. The Kier molecular flexibility index (Phi) is 6.02. The Morgan fingerprint density at radius 1 is 1.22 bits per heavy atom. The van der Waals surface area contributed by atoms with Gasteiger partial charge in [0.15, 0.2) is 23.9 Å². The van der Waals surface area contributed by atoms with Crippen LogP contribution in [-0.4, -0.2) is 18.7 Å². The van der Waals surface area contributed by atoms with E-state index in [9.17, 15) is 0 Å². The summed E-state index contributed by atoms with van der Waals surface area (Å²) in [5, 5.41) is 9.60. The van der Waals surface area contributed by atoms with Crippen molar-refractivity contribution >= 4 is 34.3 Å². The van der Waals surface area contributed by atoms with Crippen LogP contribution in [-0.2, 0) is 0 Å². The second-order valence-corrected chi connectivity index (χ2v) is 6.23. The Hall–Kier alpha value is -2.94. The Labute approximate surface area is 166 Å². The van der Waals surface area contributed by atoms with Crippen molar-refractivity contribution in [3.8, 4) is 28.9 Å². The van der Waals surface area contributed by atoms with Crippen LogP contribution in [0, 0.1) is 11.3 Å². The molecule has 0 radical (unpaired) electrons. The van der Waals surface area contributed by atoms with Crippen LogP contribution in [0.4, 0.5) is 0 Å². The van der Waals surface area contributed by atoms with Gasteiger partial charge in [-0.2, -0.15) is 5.26 Å². The number of oxazole rings is 1. The smallest absolute Gasteiger partial charge is 0.238 e. The van der Waals surface area contributed by atoms with Crippen LogP contribution in [0.2, 0.25) is 5.02 Å². The van der Waals surface area contributed by atoms with Gasteiger partial charge in [-0.15, -0.1) is 0 Å². The number of rotatable bonds is 6. The summed E-state index contributed by atoms with van der Waals surface area (Å²) in [5.41, 5.74) is 1.62. The van der Waals surface area contributed by atoms with Gasteiger partial charge in [0.1, 0.15) is 11.1 Å². The Balaban J connectivity index is 1.83. The van der Waals surface area contributed by atoms with Gasteiger partial charge in [0.25, 0.3) is 0 Å². The maximum atomic E-state index is 8.62. The summed E-state index contributed by atoms with van der Waals surface area (Å²) in [6.45, 7) is -0.0594. The van der Waals surface area contributed by atoms with E-state index in [0.29, 0.717) is 33.2 Å². The molecule has 0 amide bonds. The standard InChI is InChI=1S/C20H14Cl2N2O3/c1-25-18-11-13(2-7-17(18)26-9-8-23)10-16(22)20-24-12-19(27-20)14-3-5-15(21)6-4-14/h2-7,10-12H,9H2,1H3/b16-10-. The molecule has 0 N–H and O–H groups in total. The first-order valence-corrected chi connectivity index (χ1v) is 8.63. The van der Waals surface area contributed by atoms with E-state index in [-0.39, 0.29) is 6.61 Å². The molecule has 1 aromatic heterocycles. The lowest BCUT2D eigenvalue weighted by atomic mass is 10.2. The third kappa shape index (κ3) is 4.62. The number of hydrogen-bond acceptors (Lipinski definition) is 5. The summed E-state index contributed by atoms with van der Waals surface area (Å²) in [7, 11) is 1.52. The van der Waals surface area contributed by atoms with Crippen molar-refractivity contribution in [1.29, 1.82) is 5.26 Å². The zero-order valence-electron chi connectivity index (χ0n) is 14.3. The van der Waals surface area contributed by atoms with Gasteiger partial charge < -0.3 is 13.9 Å². The highest BCUT2D eigenvalue weighted by Crippen LogP contribution is 2.31. The fourth-order valence-corrected chi connectivity index (χ4v) is 2.68. The molecule has 0 fully saturated rings. The molecular weight excluding hydrogens is 387 g/mol. The number of ether oxygens (including phenoxy) is 2. The Bertz CT molecular complexity index is 1000. The van der Waals surface area contributed by atoms with Gasteiger partial charge in [0.2, 0.25) is 5.89 Å². The second kappa shape index (κ2) is 8.63. The van der Waals surface area contributed by atoms with E-state index in [1.165, 1.54) is 7.11 Å². The van der Waals surface area contributed by atoms with Crippen LogP contribution in [0.25, 0.3) is 22.4 Å². The highest BCUT2D eigenvalue weighted by molar-refractivity contribution is 6.50. The molecule has 2 aromatic carbocycles. The van der Waals surface area contributed by atoms with E-state index in [1.807, 2.05) is 18.2 Å². The summed E-state index contributed by atoms with van der Waals surface area (Å²) in [4.78, 5) is 4.22. The summed E-state index contributed by atoms with van der Waals surface area (Å²) in [6, 6.07) is 14.4. The average Bonchev–Trinajstić information content (AvgIpc) is 3.17. The summed E-state index contributed by atoms with van der Waals surface area (Å²) >= 11 is 12.3. The predicted molar refractivity (Wildman–Crippen MR) is 105 cm³/mol. The van der Waals surface area contributed by atoms with Gasteiger partial charge in [0.05, 0.1) is 13.3 Å². The molecule has 5 nitrogen and oxygen atoms in total. The third-order valence-corrected chi connectivity index (χ3v) is 4.13. The van der Waals surface area contributed by atoms with Crippen LogP contribution in [0.1, 0.15) is 11.5 Å². The molecule has 0 unspecified atom stereocenters. The largest absolute Gasteiger partial charge is 0.493 e. The monoisotopic (exact) mass is 400 g/mol. The molecule has 0 saturated heterocycles. The number of nitrogens with zero attached hydrogens (tertiary/aromatic N) is 2. The zero-order chi connectivity index (χ0) is 19.2. The molecule has 0 saturated carbocycles. The van der Waals surface area contributed by atoms with Crippen molar-refractivity contribution < 1.29 is 13.9 Å². The highest BCUT2D eigenvalue weighted by Gasteiger charge is 2.11. The topological polar surface area (TPSA) is 68.3 Å². The fourth-order valence-electron chi connectivity index (χ4n) is 2.34. The van der Waals surface area contributed by atoms with Crippen LogP contribution < -0.4 is 9.47 Å². The van der Waals surface area contributed by atoms with Gasteiger partial charge >= 0.3 is 0 Å². The molecule has 1 heterocycles. The Morgan fingerprint density at radius 3 is 2.70 bits per heavy atom. The van der Waals surface area contributed by atoms with Crippen LogP contribution >= 0.6 is 23.2 Å². The van der Waals surface area contributed by atoms with E-state index < -0.39 is 0 Å². The van der Waals surface area contributed by atoms with Gasteiger partial charge in [-0.25, -0.2) is 4.98 Å². The minimum absolute atomic E-state index is 0.0594. The maximum Gasteiger partial charge on any atom is 0.238 e. The number of halogens is 2. The zero-order valence-corrected chi connectivity index (χ0v) is 15.8. The number of aromatic nitrogens is 1. The fraction of sp³-hybridized carbons (Fsp3) is 0.100. The van der Waals surface area contributed by atoms with Crippen LogP contribution in [0.3, 0.4) is 0 Å². The van der Waals surface area contributed by atoms with E-state index in [4.69, 9.17) is 42.4 Å². The van der Waals surface area contributed by atoms with Crippen LogP contribution in [0.5, 0.6) is 11.5 Å². The van der Waals surface area contributed by atoms with E-state index in [0.717, 1.165) is 11.1 Å². The van der Waals surface area contributed by atoms with Crippen molar-refractivity contribution in [2.45, 2.75) is 0 Å². The lowest BCUT2D eigenvalue weighted by molar-refractivity contribution is 0.329. The summed E-state index contributed by atoms with van der Waals surface area (Å²) in [5.74, 6) is 1.86. The predicted octanol–water partition coefficient (Wildman–Crippen LogP) is 5.64. The number of methoxy groups -OCH3 is 1. The first-order chi connectivity index (χ1) is 13.1. The maximum absolute atomic E-state index is 8.62. The van der Waals surface area contributed by atoms with E-state index in [1.54, 1.807) is 42.6 Å². The quantitative estimate of drug-likeness (QED) is 0.535. The molecule has 3 rings (SSSR count). The van der Waals surface area contributed by atoms with Crippen LogP contribution in [0.15, 0.2) is 53.1 Å². The molecule has 3 aromatic rings. The third-order valence-electron chi connectivity index (χ3n) is 3.61. The first kappa shape index (κ1) is 18.8. The van der Waals surface area contributed by atoms with E-state index >= 15 is 0 Å². The van der Waals surface area contributed by atoms with Gasteiger partial charge in [-0.3, -0.25) is 0 Å². The first-order valence-electron chi connectivity index (χ1n) is 7.88. The number of benzene rings is 2. The number of hydrogen-bond donors (Lipinski definition) is 0. The molecule has 0 aliphatic carbocycles.